The van der Waals surface area contributed by atoms with Gasteiger partial charge in [0.25, 0.3) is 0 Å². The molecule has 1 rings (SSSR count). The summed E-state index contributed by atoms with van der Waals surface area (Å²) in [6.45, 7) is 4.94. The summed E-state index contributed by atoms with van der Waals surface area (Å²) in [6.07, 6.45) is 2.29. The Morgan fingerprint density at radius 2 is 1.91 bits per heavy atom. The molecule has 1 amide bonds. The minimum absolute atomic E-state index is 0.212. The number of sulfonamides is 1. The molecule has 23 heavy (non-hydrogen) atoms. The van der Waals surface area contributed by atoms with Gasteiger partial charge in [0.2, 0.25) is 15.9 Å². The summed E-state index contributed by atoms with van der Waals surface area (Å²) in [4.78, 5) is 27.5. The molecule has 0 radical (unpaired) electrons. The molecule has 0 bridgehead atoms. The number of pyridine rings is 1. The van der Waals surface area contributed by atoms with E-state index in [2.05, 4.69) is 10.3 Å². The number of carbonyl (C=O) groups excluding carboxylic acids is 2. The molecule has 0 atom stereocenters. The van der Waals surface area contributed by atoms with E-state index in [0.29, 0.717) is 0 Å². The molecular weight excluding hydrogens is 322 g/mol. The quantitative estimate of drug-likeness (QED) is 0.795. The number of rotatable bonds is 5. The van der Waals surface area contributed by atoms with Gasteiger partial charge in [-0.15, -0.1) is 0 Å². The van der Waals surface area contributed by atoms with Gasteiger partial charge < -0.3 is 10.1 Å². The van der Waals surface area contributed by atoms with Gasteiger partial charge >= 0.3 is 5.97 Å². The zero-order valence-corrected chi connectivity index (χ0v) is 14.6. The van der Waals surface area contributed by atoms with E-state index >= 15 is 0 Å². The standard InChI is InChI=1S/C14H21N3O5S/c1-14(2,3)22-13(19)10-6-7-11(15-8-10)16-12(18)9-17(4)23(5,20)21/h6-8H,9H2,1-5H3,(H,15,16,18). The summed E-state index contributed by atoms with van der Waals surface area (Å²) in [5.41, 5.74) is -0.355. The number of anilines is 1. The Labute approximate surface area is 135 Å². The average Bonchev–Trinajstić information content (AvgIpc) is 2.36. The van der Waals surface area contributed by atoms with E-state index in [1.165, 1.54) is 25.4 Å². The summed E-state index contributed by atoms with van der Waals surface area (Å²) >= 11 is 0. The first-order valence-electron chi connectivity index (χ1n) is 6.79. The van der Waals surface area contributed by atoms with Gasteiger partial charge in [0, 0.05) is 13.2 Å². The van der Waals surface area contributed by atoms with Crippen molar-refractivity contribution in [2.75, 3.05) is 25.2 Å². The summed E-state index contributed by atoms with van der Waals surface area (Å²) < 4.78 is 28.6. The molecule has 0 unspecified atom stereocenters. The van der Waals surface area contributed by atoms with Gasteiger partial charge in [-0.3, -0.25) is 4.79 Å². The predicted molar refractivity (Wildman–Crippen MR) is 85.5 cm³/mol. The lowest BCUT2D eigenvalue weighted by atomic mass is 10.2. The maximum Gasteiger partial charge on any atom is 0.340 e. The van der Waals surface area contributed by atoms with Crippen molar-refractivity contribution in [1.82, 2.24) is 9.29 Å². The highest BCUT2D eigenvalue weighted by atomic mass is 32.2. The van der Waals surface area contributed by atoms with Crippen LogP contribution in [0.4, 0.5) is 5.82 Å². The molecule has 8 nitrogen and oxygen atoms in total. The highest BCUT2D eigenvalue weighted by Gasteiger charge is 2.19. The zero-order chi connectivity index (χ0) is 17.8. The highest BCUT2D eigenvalue weighted by Crippen LogP contribution is 2.13. The number of likely N-dealkylation sites (N-methyl/N-ethyl adjacent to an activating group) is 1. The third-order valence-corrected chi connectivity index (χ3v) is 3.86. The van der Waals surface area contributed by atoms with Gasteiger partial charge in [-0.25, -0.2) is 18.2 Å². The van der Waals surface area contributed by atoms with Gasteiger partial charge in [0.15, 0.2) is 0 Å². The van der Waals surface area contributed by atoms with Crippen LogP contribution in [0, 0.1) is 0 Å². The van der Waals surface area contributed by atoms with Crippen LogP contribution in [-0.2, 0) is 19.6 Å². The van der Waals surface area contributed by atoms with Gasteiger partial charge in [-0.1, -0.05) is 0 Å². The van der Waals surface area contributed by atoms with Crippen molar-refractivity contribution >= 4 is 27.7 Å². The number of aromatic nitrogens is 1. The Morgan fingerprint density at radius 3 is 2.35 bits per heavy atom. The molecule has 0 aromatic carbocycles. The van der Waals surface area contributed by atoms with Crippen LogP contribution in [0.3, 0.4) is 0 Å². The van der Waals surface area contributed by atoms with E-state index in [0.717, 1.165) is 10.6 Å². The van der Waals surface area contributed by atoms with E-state index in [1.54, 1.807) is 20.8 Å². The lowest BCUT2D eigenvalue weighted by Crippen LogP contribution is -2.34. The fraction of sp³-hybridized carbons (Fsp3) is 0.500. The lowest BCUT2D eigenvalue weighted by molar-refractivity contribution is -0.116. The van der Waals surface area contributed by atoms with Crippen LogP contribution in [0.1, 0.15) is 31.1 Å². The average molecular weight is 343 g/mol. The Morgan fingerprint density at radius 1 is 1.30 bits per heavy atom. The molecule has 0 aliphatic heterocycles. The molecule has 0 aliphatic carbocycles. The van der Waals surface area contributed by atoms with Gasteiger partial charge in [0.1, 0.15) is 11.4 Å². The van der Waals surface area contributed by atoms with Gasteiger partial charge in [-0.2, -0.15) is 4.31 Å². The molecule has 1 aromatic heterocycles. The maximum absolute atomic E-state index is 11.8. The second kappa shape index (κ2) is 7.05. The van der Waals surface area contributed by atoms with Crippen molar-refractivity contribution in [3.05, 3.63) is 23.9 Å². The highest BCUT2D eigenvalue weighted by molar-refractivity contribution is 7.88. The molecule has 9 heteroatoms. The van der Waals surface area contributed by atoms with Crippen molar-refractivity contribution in [2.45, 2.75) is 26.4 Å². The van der Waals surface area contributed by atoms with Crippen LogP contribution >= 0.6 is 0 Å². The van der Waals surface area contributed by atoms with E-state index < -0.39 is 27.5 Å². The smallest absolute Gasteiger partial charge is 0.340 e. The van der Waals surface area contributed by atoms with E-state index in [1.807, 2.05) is 0 Å². The molecule has 0 spiro atoms. The van der Waals surface area contributed by atoms with E-state index in [4.69, 9.17) is 4.74 Å². The second-order valence-electron chi connectivity index (χ2n) is 6.00. The molecule has 1 heterocycles. The second-order valence-corrected chi connectivity index (χ2v) is 8.09. The van der Waals surface area contributed by atoms with Crippen LogP contribution in [0.2, 0.25) is 0 Å². The van der Waals surface area contributed by atoms with Crippen molar-refractivity contribution in [1.29, 1.82) is 0 Å². The molecular formula is C14H21N3O5S. The Bertz CT molecular complexity index is 677. The first kappa shape index (κ1) is 19.0. The maximum atomic E-state index is 11.8. The van der Waals surface area contributed by atoms with Crippen molar-refractivity contribution < 1.29 is 22.7 Å². The summed E-state index contributed by atoms with van der Waals surface area (Å²) in [7, 11) is -2.14. The normalized spacial score (nSPS) is 12.1. The predicted octanol–water partition coefficient (Wildman–Crippen LogP) is 0.867. The number of amides is 1. The number of nitrogens with zero attached hydrogens (tertiary/aromatic N) is 2. The molecule has 0 fully saturated rings. The fourth-order valence-electron chi connectivity index (χ4n) is 1.43. The summed E-state index contributed by atoms with van der Waals surface area (Å²) in [5.74, 6) is -0.834. The number of ether oxygens (including phenoxy) is 1. The Balaban J connectivity index is 2.67. The van der Waals surface area contributed by atoms with Crippen LogP contribution < -0.4 is 5.32 Å². The fourth-order valence-corrected chi connectivity index (χ4v) is 1.78. The minimum atomic E-state index is -3.43. The summed E-state index contributed by atoms with van der Waals surface area (Å²) in [5, 5.41) is 2.45. The monoisotopic (exact) mass is 343 g/mol. The van der Waals surface area contributed by atoms with Gasteiger partial charge in [0.05, 0.1) is 18.4 Å². The third-order valence-electron chi connectivity index (χ3n) is 2.60. The molecule has 0 saturated carbocycles. The van der Waals surface area contributed by atoms with E-state index in [9.17, 15) is 18.0 Å². The van der Waals surface area contributed by atoms with Crippen LogP contribution in [0.25, 0.3) is 0 Å². The van der Waals surface area contributed by atoms with Crippen LogP contribution in [-0.4, -0.2) is 55.0 Å². The van der Waals surface area contributed by atoms with Crippen molar-refractivity contribution in [2.24, 2.45) is 0 Å². The summed E-state index contributed by atoms with van der Waals surface area (Å²) in [6, 6.07) is 2.91. The molecule has 1 N–H and O–H groups in total. The molecule has 1 aromatic rings. The number of hydrogen-bond donors (Lipinski definition) is 1. The molecule has 128 valence electrons. The lowest BCUT2D eigenvalue weighted by Gasteiger charge is -2.19. The van der Waals surface area contributed by atoms with Crippen molar-refractivity contribution in [3.8, 4) is 0 Å². The number of hydrogen-bond acceptors (Lipinski definition) is 6. The first-order chi connectivity index (χ1) is 10.4. The number of carbonyl (C=O) groups is 2. The molecule has 0 saturated heterocycles. The Kier molecular flexibility index (Phi) is 5.84. The number of nitrogens with one attached hydrogen (secondary N) is 1. The zero-order valence-electron chi connectivity index (χ0n) is 13.8. The number of esters is 1. The topological polar surface area (TPSA) is 106 Å². The molecule has 0 aliphatic rings. The van der Waals surface area contributed by atoms with Crippen LogP contribution in [0.15, 0.2) is 18.3 Å². The SMILES string of the molecule is CN(CC(=O)Nc1ccc(C(=O)OC(C)(C)C)cn1)S(C)(=O)=O. The first-order valence-corrected chi connectivity index (χ1v) is 8.64. The van der Waals surface area contributed by atoms with Gasteiger partial charge in [-0.05, 0) is 32.9 Å². The van der Waals surface area contributed by atoms with Crippen LogP contribution in [0.5, 0.6) is 0 Å². The Hall–Kier alpha value is -2.00. The largest absolute Gasteiger partial charge is 0.456 e. The van der Waals surface area contributed by atoms with E-state index in [-0.39, 0.29) is 17.9 Å². The van der Waals surface area contributed by atoms with Crippen molar-refractivity contribution in [3.63, 3.8) is 0 Å². The third kappa shape index (κ3) is 6.74. The minimum Gasteiger partial charge on any atom is -0.456 e.